The third-order valence-corrected chi connectivity index (χ3v) is 1.75. The topological polar surface area (TPSA) is 20.2 Å². The van der Waals surface area contributed by atoms with Crippen LogP contribution in [-0.4, -0.2) is 11.7 Å². The molecule has 0 aliphatic heterocycles. The van der Waals surface area contributed by atoms with Crippen molar-refractivity contribution in [2.24, 2.45) is 11.3 Å². The van der Waals surface area contributed by atoms with Crippen molar-refractivity contribution in [1.82, 2.24) is 0 Å². The van der Waals surface area contributed by atoms with Gasteiger partial charge in [-0.05, 0) is 11.3 Å². The van der Waals surface area contributed by atoms with Gasteiger partial charge in [0.2, 0.25) is 0 Å². The van der Waals surface area contributed by atoms with Crippen LogP contribution < -0.4 is 0 Å². The molecule has 2 heteroatoms. The van der Waals surface area contributed by atoms with Gasteiger partial charge in [0.25, 0.3) is 0 Å². The summed E-state index contributed by atoms with van der Waals surface area (Å²) < 4.78 is 0. The zero-order valence-corrected chi connectivity index (χ0v) is 9.65. The van der Waals surface area contributed by atoms with Crippen LogP contribution in [0.25, 0.3) is 0 Å². The molecule has 1 radical (unpaired) electrons. The molecule has 0 aliphatic carbocycles. The molecule has 0 aromatic rings. The predicted molar refractivity (Wildman–Crippen MR) is 35.7 cm³/mol. The van der Waals surface area contributed by atoms with Crippen LogP contribution in [0, 0.1) is 11.3 Å². The van der Waals surface area contributed by atoms with Crippen LogP contribution in [0.5, 0.6) is 0 Å². The molecule has 53 valence electrons. The monoisotopic (exact) mass is 205 g/mol. The molecule has 1 N–H and O–H groups in total. The molecule has 9 heavy (non-hydrogen) atoms. The van der Waals surface area contributed by atoms with Crippen LogP contribution in [0.1, 0.15) is 27.7 Å². The quantitative estimate of drug-likeness (QED) is 0.690. The predicted octanol–water partition coefficient (Wildman–Crippen LogP) is 1.66. The van der Waals surface area contributed by atoms with E-state index in [0.29, 0.717) is 12.5 Å². The normalized spacial score (nSPS) is 14.3. The molecule has 0 amide bonds. The molecule has 0 heterocycles. The average molecular weight is 205 g/mol. The van der Waals surface area contributed by atoms with Crippen molar-refractivity contribution in [3.8, 4) is 0 Å². The number of hydrogen-bond acceptors (Lipinski definition) is 1. The van der Waals surface area contributed by atoms with Gasteiger partial charge in [-0.2, -0.15) is 0 Å². The van der Waals surface area contributed by atoms with Gasteiger partial charge in [-0.15, -0.1) is 0 Å². The molecule has 0 aromatic heterocycles. The fourth-order valence-corrected chi connectivity index (χ4v) is 0.274. The van der Waals surface area contributed by atoms with Crippen LogP contribution in [0.4, 0.5) is 0 Å². The molecule has 1 nitrogen and oxygen atoms in total. The van der Waals surface area contributed by atoms with Gasteiger partial charge in [-0.1, -0.05) is 27.7 Å². The van der Waals surface area contributed by atoms with Crippen molar-refractivity contribution in [2.75, 3.05) is 6.61 Å². The Bertz CT molecular complexity index is 65.8. The van der Waals surface area contributed by atoms with Gasteiger partial charge in [-0.25, -0.2) is 0 Å². The summed E-state index contributed by atoms with van der Waals surface area (Å²) in [5.41, 5.74) is 0.259. The maximum absolute atomic E-state index is 8.67. The summed E-state index contributed by atoms with van der Waals surface area (Å²) in [4.78, 5) is 0. The summed E-state index contributed by atoms with van der Waals surface area (Å²) in [6.45, 7) is 8.75. The molecule has 0 aromatic carbocycles. The molecular formula is C7H16OY. The Balaban J connectivity index is 0. The van der Waals surface area contributed by atoms with E-state index in [0.717, 1.165) is 0 Å². The van der Waals surface area contributed by atoms with E-state index >= 15 is 0 Å². The van der Waals surface area contributed by atoms with Crippen LogP contribution in [0.15, 0.2) is 0 Å². The van der Waals surface area contributed by atoms with Crippen molar-refractivity contribution in [3.05, 3.63) is 0 Å². The molecule has 0 aliphatic rings. The fourth-order valence-electron chi connectivity index (χ4n) is 0.274. The second-order valence-corrected chi connectivity index (χ2v) is 3.45. The van der Waals surface area contributed by atoms with Gasteiger partial charge in [-0.3, -0.25) is 0 Å². The van der Waals surface area contributed by atoms with E-state index in [1.807, 2.05) is 0 Å². The van der Waals surface area contributed by atoms with E-state index in [2.05, 4.69) is 27.7 Å². The first kappa shape index (κ1) is 12.7. The second kappa shape index (κ2) is 4.81. The van der Waals surface area contributed by atoms with E-state index in [4.69, 9.17) is 5.11 Å². The van der Waals surface area contributed by atoms with E-state index < -0.39 is 0 Å². The summed E-state index contributed by atoms with van der Waals surface area (Å²) in [6, 6.07) is 0. The maximum Gasteiger partial charge on any atom is 0.0461 e. The van der Waals surface area contributed by atoms with Crippen molar-refractivity contribution in [1.29, 1.82) is 0 Å². The zero-order valence-electron chi connectivity index (χ0n) is 6.81. The molecule has 0 spiro atoms. The van der Waals surface area contributed by atoms with E-state index in [-0.39, 0.29) is 38.1 Å². The minimum absolute atomic E-state index is 0. The van der Waals surface area contributed by atoms with E-state index in [1.165, 1.54) is 0 Å². The number of aliphatic hydroxyl groups excluding tert-OH is 1. The van der Waals surface area contributed by atoms with Crippen molar-refractivity contribution < 1.29 is 37.8 Å². The average Bonchev–Trinajstić information content (AvgIpc) is 1.62. The first-order valence-electron chi connectivity index (χ1n) is 3.09. The minimum atomic E-state index is 0. The summed E-state index contributed by atoms with van der Waals surface area (Å²) in [5.74, 6) is 0.405. The van der Waals surface area contributed by atoms with Crippen LogP contribution >= 0.6 is 0 Å². The summed E-state index contributed by atoms with van der Waals surface area (Å²) in [6.07, 6.45) is 0. The second-order valence-electron chi connectivity index (χ2n) is 3.45. The smallest absolute Gasteiger partial charge is 0.0461 e. The third-order valence-electron chi connectivity index (χ3n) is 1.75. The van der Waals surface area contributed by atoms with Crippen molar-refractivity contribution in [3.63, 3.8) is 0 Å². The standard InChI is InChI=1S/C7H16O.Y/c1-6(5-8)7(2,3)4;/h6,8H,5H2,1-4H3;. The molecule has 0 fully saturated rings. The molecule has 0 saturated carbocycles. The van der Waals surface area contributed by atoms with E-state index in [1.54, 1.807) is 0 Å². The Morgan fingerprint density at radius 2 is 1.67 bits per heavy atom. The molecule has 0 saturated heterocycles. The number of hydrogen-bond donors (Lipinski definition) is 1. The van der Waals surface area contributed by atoms with Crippen LogP contribution in [0.3, 0.4) is 0 Å². The molecule has 1 atom stereocenters. The Morgan fingerprint density at radius 3 is 1.67 bits per heavy atom. The van der Waals surface area contributed by atoms with Crippen LogP contribution in [-0.2, 0) is 32.7 Å². The Labute approximate surface area is 83.1 Å². The van der Waals surface area contributed by atoms with Crippen molar-refractivity contribution >= 4 is 0 Å². The number of aliphatic hydroxyl groups is 1. The number of rotatable bonds is 1. The molecule has 0 rings (SSSR count). The maximum atomic E-state index is 8.67. The molecular weight excluding hydrogens is 189 g/mol. The first-order chi connectivity index (χ1) is 3.48. The van der Waals surface area contributed by atoms with Crippen LogP contribution in [0.2, 0.25) is 0 Å². The summed E-state index contributed by atoms with van der Waals surface area (Å²) in [7, 11) is 0. The van der Waals surface area contributed by atoms with Gasteiger partial charge in [0, 0.05) is 39.3 Å². The molecule has 1 unspecified atom stereocenters. The van der Waals surface area contributed by atoms with Gasteiger partial charge >= 0.3 is 0 Å². The molecule has 0 bridgehead atoms. The Kier molecular flexibility index (Phi) is 6.80. The van der Waals surface area contributed by atoms with Gasteiger partial charge in [0.15, 0.2) is 0 Å². The first-order valence-corrected chi connectivity index (χ1v) is 3.09. The summed E-state index contributed by atoms with van der Waals surface area (Å²) >= 11 is 0. The van der Waals surface area contributed by atoms with Gasteiger partial charge in [0.1, 0.15) is 0 Å². The summed E-state index contributed by atoms with van der Waals surface area (Å²) in [5, 5.41) is 8.67. The largest absolute Gasteiger partial charge is 0.396 e. The van der Waals surface area contributed by atoms with Gasteiger partial charge < -0.3 is 5.11 Å². The Morgan fingerprint density at radius 1 is 1.33 bits per heavy atom. The van der Waals surface area contributed by atoms with Gasteiger partial charge in [0.05, 0.1) is 0 Å². The minimum Gasteiger partial charge on any atom is -0.396 e. The van der Waals surface area contributed by atoms with Crippen molar-refractivity contribution in [2.45, 2.75) is 27.7 Å². The fraction of sp³-hybridized carbons (Fsp3) is 1.00. The van der Waals surface area contributed by atoms with E-state index in [9.17, 15) is 0 Å². The Hall–Kier alpha value is 1.06. The zero-order chi connectivity index (χ0) is 6.78. The third kappa shape index (κ3) is 5.51. The SMILES string of the molecule is CC(CO)C(C)(C)C.[Y].